The number of imidazole rings is 1. The molecule has 1 aliphatic rings. The molecule has 1 aromatic carbocycles. The van der Waals surface area contributed by atoms with E-state index in [9.17, 15) is 4.79 Å². The molecular weight excluding hydrogens is 314 g/mol. The average Bonchev–Trinajstić information content (AvgIpc) is 3.16. The third kappa shape index (κ3) is 2.59. The van der Waals surface area contributed by atoms with Gasteiger partial charge in [-0.05, 0) is 12.1 Å². The number of benzene rings is 1. The topological polar surface area (TPSA) is 115 Å². The lowest BCUT2D eigenvalue weighted by molar-refractivity contribution is 0.0973. The van der Waals surface area contributed by atoms with E-state index in [0.717, 1.165) is 11.0 Å². The van der Waals surface area contributed by atoms with Crippen LogP contribution in [0.3, 0.4) is 0 Å². The van der Waals surface area contributed by atoms with Gasteiger partial charge in [0.1, 0.15) is 5.84 Å². The standard InChI is InChI=1S/C14H13N7OS/c15-11-7-23-14-19-18-12(21(14)20-11)6-5-10(22)13-16-8-3-1-2-4-9(8)17-13/h1-4H,5-7H2,(H2,15,20)(H,16,17). The molecule has 0 radical (unpaired) electrons. The van der Waals surface area contributed by atoms with E-state index in [-0.39, 0.29) is 12.2 Å². The van der Waals surface area contributed by atoms with Crippen molar-refractivity contribution in [2.45, 2.75) is 18.0 Å². The molecule has 0 unspecified atom stereocenters. The molecule has 0 aliphatic carbocycles. The van der Waals surface area contributed by atoms with Crippen molar-refractivity contribution in [3.8, 4) is 0 Å². The summed E-state index contributed by atoms with van der Waals surface area (Å²) in [7, 11) is 0. The summed E-state index contributed by atoms with van der Waals surface area (Å²) in [6.07, 6.45) is 0.707. The van der Waals surface area contributed by atoms with Gasteiger partial charge < -0.3 is 10.7 Å². The number of H-pyrrole nitrogens is 1. The maximum Gasteiger partial charge on any atom is 0.212 e. The van der Waals surface area contributed by atoms with Crippen LogP contribution in [0.1, 0.15) is 22.9 Å². The van der Waals surface area contributed by atoms with Gasteiger partial charge in [0.2, 0.25) is 5.16 Å². The summed E-state index contributed by atoms with van der Waals surface area (Å²) >= 11 is 1.48. The molecule has 8 nitrogen and oxygen atoms in total. The van der Waals surface area contributed by atoms with Crippen LogP contribution in [0.5, 0.6) is 0 Å². The van der Waals surface area contributed by atoms with E-state index < -0.39 is 0 Å². The zero-order valence-corrected chi connectivity index (χ0v) is 12.9. The van der Waals surface area contributed by atoms with Crippen molar-refractivity contribution >= 4 is 34.4 Å². The average molecular weight is 327 g/mol. The van der Waals surface area contributed by atoms with Crippen molar-refractivity contribution in [3.05, 3.63) is 35.9 Å². The highest BCUT2D eigenvalue weighted by Crippen LogP contribution is 2.21. The lowest BCUT2D eigenvalue weighted by Crippen LogP contribution is -2.21. The van der Waals surface area contributed by atoms with Crippen LogP contribution in [0, 0.1) is 0 Å². The summed E-state index contributed by atoms with van der Waals surface area (Å²) in [4.78, 5) is 19.7. The number of amidine groups is 1. The van der Waals surface area contributed by atoms with E-state index in [4.69, 9.17) is 5.73 Å². The Morgan fingerprint density at radius 3 is 3.09 bits per heavy atom. The van der Waals surface area contributed by atoms with E-state index in [1.807, 2.05) is 24.3 Å². The van der Waals surface area contributed by atoms with Gasteiger partial charge in [-0.25, -0.2) is 4.98 Å². The Morgan fingerprint density at radius 2 is 2.22 bits per heavy atom. The minimum Gasteiger partial charge on any atom is -0.385 e. The summed E-state index contributed by atoms with van der Waals surface area (Å²) in [5, 5.41) is 13.1. The molecule has 0 spiro atoms. The number of aryl methyl sites for hydroxylation is 1. The number of aromatic nitrogens is 5. The second-order valence-electron chi connectivity index (χ2n) is 5.12. The first-order valence-electron chi connectivity index (χ1n) is 7.09. The molecule has 2 aromatic heterocycles. The molecule has 0 saturated carbocycles. The number of aromatic amines is 1. The Balaban J connectivity index is 1.51. The van der Waals surface area contributed by atoms with Gasteiger partial charge >= 0.3 is 0 Å². The van der Waals surface area contributed by atoms with Crippen molar-refractivity contribution in [2.75, 3.05) is 5.75 Å². The zero-order chi connectivity index (χ0) is 15.8. The highest BCUT2D eigenvalue weighted by molar-refractivity contribution is 7.99. The lowest BCUT2D eigenvalue weighted by atomic mass is 10.2. The number of hydrogen-bond acceptors (Lipinski definition) is 7. The first-order chi connectivity index (χ1) is 11.2. The number of para-hydroxylation sites is 2. The number of ketones is 1. The van der Waals surface area contributed by atoms with Crippen LogP contribution in [0.25, 0.3) is 11.0 Å². The molecule has 1 aliphatic heterocycles. The number of carbonyl (C=O) groups excluding carboxylic acids is 1. The van der Waals surface area contributed by atoms with Gasteiger partial charge in [0.05, 0.1) is 16.8 Å². The van der Waals surface area contributed by atoms with Crippen molar-refractivity contribution in [1.29, 1.82) is 0 Å². The molecule has 0 fully saturated rings. The largest absolute Gasteiger partial charge is 0.385 e. The summed E-state index contributed by atoms with van der Waals surface area (Å²) < 4.78 is 1.61. The maximum atomic E-state index is 12.3. The Morgan fingerprint density at radius 1 is 1.35 bits per heavy atom. The third-order valence-corrected chi connectivity index (χ3v) is 4.44. The van der Waals surface area contributed by atoms with E-state index in [1.54, 1.807) is 4.68 Å². The zero-order valence-electron chi connectivity index (χ0n) is 12.1. The summed E-state index contributed by atoms with van der Waals surface area (Å²) in [6.45, 7) is 0. The summed E-state index contributed by atoms with van der Waals surface area (Å²) in [5.41, 5.74) is 7.37. The SMILES string of the molecule is NC1=Nn2c(CCC(=O)c3nc4ccccc4[nH]3)nnc2SC1. The van der Waals surface area contributed by atoms with E-state index in [0.29, 0.717) is 34.8 Å². The highest BCUT2D eigenvalue weighted by atomic mass is 32.2. The van der Waals surface area contributed by atoms with Gasteiger partial charge in [0, 0.05) is 12.8 Å². The summed E-state index contributed by atoms with van der Waals surface area (Å²) in [6, 6.07) is 7.55. The van der Waals surface area contributed by atoms with Gasteiger partial charge in [0.15, 0.2) is 17.4 Å². The monoisotopic (exact) mass is 327 g/mol. The van der Waals surface area contributed by atoms with Crippen LogP contribution in [-0.4, -0.2) is 42.2 Å². The molecule has 23 heavy (non-hydrogen) atoms. The normalized spacial score (nSPS) is 13.8. The fourth-order valence-corrected chi connectivity index (χ4v) is 3.07. The number of rotatable bonds is 4. The van der Waals surface area contributed by atoms with E-state index in [1.165, 1.54) is 11.8 Å². The third-order valence-electron chi connectivity index (χ3n) is 3.48. The van der Waals surface area contributed by atoms with Gasteiger partial charge in [-0.3, -0.25) is 4.79 Å². The molecule has 3 N–H and O–H groups in total. The lowest BCUT2D eigenvalue weighted by Gasteiger charge is -2.09. The van der Waals surface area contributed by atoms with Crippen LogP contribution < -0.4 is 5.73 Å². The fraction of sp³-hybridized carbons (Fsp3) is 0.214. The molecule has 3 aromatic rings. The number of carbonyl (C=O) groups is 1. The van der Waals surface area contributed by atoms with Gasteiger partial charge in [-0.15, -0.1) is 10.2 Å². The smallest absolute Gasteiger partial charge is 0.212 e. The molecule has 4 rings (SSSR count). The quantitative estimate of drug-likeness (QED) is 0.696. The maximum absolute atomic E-state index is 12.3. The Hall–Kier alpha value is -2.68. The van der Waals surface area contributed by atoms with Gasteiger partial charge in [-0.1, -0.05) is 23.9 Å². The van der Waals surface area contributed by atoms with Crippen LogP contribution in [0.15, 0.2) is 34.5 Å². The number of hydrogen-bond donors (Lipinski definition) is 2. The first kappa shape index (κ1) is 13.9. The number of Topliss-reactive ketones (excluding diaryl/α,β-unsaturated/α-hetero) is 1. The Kier molecular flexibility index (Phi) is 3.34. The number of thioether (sulfide) groups is 1. The molecule has 0 bridgehead atoms. The molecular formula is C14H13N7OS. The van der Waals surface area contributed by atoms with Crippen LogP contribution in [0.2, 0.25) is 0 Å². The fourth-order valence-electron chi connectivity index (χ4n) is 2.37. The van der Waals surface area contributed by atoms with Crippen molar-refractivity contribution < 1.29 is 4.79 Å². The molecule has 0 amide bonds. The predicted octanol–water partition coefficient (Wildman–Crippen LogP) is 1.20. The van der Waals surface area contributed by atoms with E-state index >= 15 is 0 Å². The van der Waals surface area contributed by atoms with Crippen LogP contribution >= 0.6 is 11.8 Å². The second-order valence-corrected chi connectivity index (χ2v) is 6.06. The number of nitrogens with one attached hydrogen (secondary N) is 1. The molecule has 0 atom stereocenters. The highest BCUT2D eigenvalue weighted by Gasteiger charge is 2.19. The number of fused-ring (bicyclic) bond motifs is 2. The molecule has 0 saturated heterocycles. The van der Waals surface area contributed by atoms with Gasteiger partial charge in [-0.2, -0.15) is 9.78 Å². The van der Waals surface area contributed by atoms with Gasteiger partial charge in [0.25, 0.3) is 0 Å². The van der Waals surface area contributed by atoms with E-state index in [2.05, 4.69) is 25.3 Å². The number of nitrogens with two attached hydrogens (primary N) is 1. The van der Waals surface area contributed by atoms with Crippen molar-refractivity contribution in [3.63, 3.8) is 0 Å². The number of nitrogens with zero attached hydrogens (tertiary/aromatic N) is 5. The Labute approximate surface area is 135 Å². The minimum atomic E-state index is -0.0704. The molecule has 9 heteroatoms. The minimum absolute atomic E-state index is 0.0704. The predicted molar refractivity (Wildman–Crippen MR) is 86.5 cm³/mol. The van der Waals surface area contributed by atoms with Crippen molar-refractivity contribution in [2.24, 2.45) is 10.8 Å². The Bertz CT molecular complexity index is 893. The van der Waals surface area contributed by atoms with Crippen LogP contribution in [-0.2, 0) is 6.42 Å². The summed E-state index contributed by atoms with van der Waals surface area (Å²) in [5.74, 6) is 2.04. The first-order valence-corrected chi connectivity index (χ1v) is 8.07. The second kappa shape index (κ2) is 5.51. The molecule has 116 valence electrons. The van der Waals surface area contributed by atoms with Crippen LogP contribution in [0.4, 0.5) is 0 Å². The van der Waals surface area contributed by atoms with Crippen molar-refractivity contribution in [1.82, 2.24) is 24.8 Å². The molecule has 3 heterocycles.